The van der Waals surface area contributed by atoms with Crippen LogP contribution in [0.2, 0.25) is 0 Å². The summed E-state index contributed by atoms with van der Waals surface area (Å²) < 4.78 is 18.8. The molecule has 1 saturated heterocycles. The standard InChI is InChI=1S/C18H30FN5O/c1-23(2)17(15-5-3-6-16(19)13-15)14-22-18(20)21-7-4-8-24-9-11-25-12-10-24/h3,5-6,13,17H,4,7-12,14H2,1-2H3,(H3,20,21,22). The van der Waals surface area contributed by atoms with E-state index in [-0.39, 0.29) is 11.9 Å². The maximum absolute atomic E-state index is 13.4. The van der Waals surface area contributed by atoms with Crippen molar-refractivity contribution in [3.05, 3.63) is 35.6 Å². The molecule has 1 heterocycles. The van der Waals surface area contributed by atoms with Gasteiger partial charge in [0.25, 0.3) is 0 Å². The average Bonchev–Trinajstić information content (AvgIpc) is 2.59. The van der Waals surface area contributed by atoms with Crippen LogP contribution in [0.15, 0.2) is 29.3 Å². The normalized spacial score (nSPS) is 17.7. The molecule has 0 radical (unpaired) electrons. The third-order valence-electron chi connectivity index (χ3n) is 4.35. The first-order valence-electron chi connectivity index (χ1n) is 8.82. The first-order valence-corrected chi connectivity index (χ1v) is 8.82. The Morgan fingerprint density at radius 2 is 2.16 bits per heavy atom. The average molecular weight is 351 g/mol. The zero-order valence-electron chi connectivity index (χ0n) is 15.2. The maximum Gasteiger partial charge on any atom is 0.188 e. The third-order valence-corrected chi connectivity index (χ3v) is 4.35. The van der Waals surface area contributed by atoms with E-state index in [0.29, 0.717) is 12.5 Å². The molecule has 0 saturated carbocycles. The van der Waals surface area contributed by atoms with Crippen LogP contribution in [0.4, 0.5) is 4.39 Å². The smallest absolute Gasteiger partial charge is 0.188 e. The highest BCUT2D eigenvalue weighted by molar-refractivity contribution is 5.77. The maximum atomic E-state index is 13.4. The molecule has 1 unspecified atom stereocenters. The second-order valence-electron chi connectivity index (χ2n) is 6.49. The molecular weight excluding hydrogens is 321 g/mol. The third kappa shape index (κ3) is 6.97. The number of benzene rings is 1. The highest BCUT2D eigenvalue weighted by Gasteiger charge is 2.14. The molecule has 1 aromatic carbocycles. The number of nitrogens with two attached hydrogens (primary N) is 1. The van der Waals surface area contributed by atoms with Crippen LogP contribution in [-0.4, -0.2) is 75.8 Å². The second-order valence-corrected chi connectivity index (χ2v) is 6.49. The van der Waals surface area contributed by atoms with Gasteiger partial charge in [-0.05, 0) is 44.8 Å². The topological polar surface area (TPSA) is 66.1 Å². The molecule has 1 aliphatic rings. The molecule has 6 nitrogen and oxygen atoms in total. The van der Waals surface area contributed by atoms with Crippen molar-refractivity contribution >= 4 is 5.96 Å². The van der Waals surface area contributed by atoms with E-state index in [4.69, 9.17) is 10.5 Å². The fourth-order valence-corrected chi connectivity index (χ4v) is 2.87. The second kappa shape index (κ2) is 10.3. The van der Waals surface area contributed by atoms with E-state index in [1.54, 1.807) is 12.1 Å². The van der Waals surface area contributed by atoms with Gasteiger partial charge < -0.3 is 20.7 Å². The van der Waals surface area contributed by atoms with Crippen molar-refractivity contribution in [3.63, 3.8) is 0 Å². The Kier molecular flexibility index (Phi) is 8.11. The van der Waals surface area contributed by atoms with Gasteiger partial charge in [-0.1, -0.05) is 12.1 Å². The highest BCUT2D eigenvalue weighted by atomic mass is 19.1. The first kappa shape index (κ1) is 19.6. The summed E-state index contributed by atoms with van der Waals surface area (Å²) in [6.45, 7) is 5.96. The van der Waals surface area contributed by atoms with Crippen molar-refractivity contribution in [3.8, 4) is 0 Å². The number of nitrogens with zero attached hydrogens (tertiary/aromatic N) is 3. The molecule has 1 fully saturated rings. The van der Waals surface area contributed by atoms with Crippen LogP contribution in [0.5, 0.6) is 0 Å². The fourth-order valence-electron chi connectivity index (χ4n) is 2.87. The van der Waals surface area contributed by atoms with Gasteiger partial charge in [-0.25, -0.2) is 4.39 Å². The molecule has 25 heavy (non-hydrogen) atoms. The van der Waals surface area contributed by atoms with Crippen LogP contribution in [-0.2, 0) is 4.74 Å². The largest absolute Gasteiger partial charge is 0.379 e. The van der Waals surface area contributed by atoms with Gasteiger partial charge in [0.1, 0.15) is 5.82 Å². The van der Waals surface area contributed by atoms with Gasteiger partial charge in [0.15, 0.2) is 5.96 Å². The Hall–Kier alpha value is -1.70. The van der Waals surface area contributed by atoms with Gasteiger partial charge >= 0.3 is 0 Å². The van der Waals surface area contributed by atoms with Gasteiger partial charge in [-0.3, -0.25) is 9.89 Å². The molecule has 0 aromatic heterocycles. The van der Waals surface area contributed by atoms with E-state index in [9.17, 15) is 4.39 Å². The molecule has 0 amide bonds. The molecule has 0 aliphatic carbocycles. The summed E-state index contributed by atoms with van der Waals surface area (Å²) in [6.07, 6.45) is 1.01. The summed E-state index contributed by atoms with van der Waals surface area (Å²) >= 11 is 0. The number of hydrogen-bond donors (Lipinski definition) is 2. The number of guanidine groups is 1. The number of ether oxygens (including phenoxy) is 1. The minimum atomic E-state index is -0.234. The number of likely N-dealkylation sites (N-methyl/N-ethyl adjacent to an activating group) is 1. The van der Waals surface area contributed by atoms with Crippen LogP contribution >= 0.6 is 0 Å². The molecule has 0 spiro atoms. The lowest BCUT2D eigenvalue weighted by molar-refractivity contribution is 0.0376. The van der Waals surface area contributed by atoms with Crippen LogP contribution in [0.25, 0.3) is 0 Å². The zero-order valence-corrected chi connectivity index (χ0v) is 15.2. The van der Waals surface area contributed by atoms with Gasteiger partial charge in [-0.15, -0.1) is 0 Å². The van der Waals surface area contributed by atoms with E-state index in [0.717, 1.165) is 51.4 Å². The van der Waals surface area contributed by atoms with Crippen LogP contribution < -0.4 is 11.1 Å². The molecule has 2 rings (SSSR count). The van der Waals surface area contributed by atoms with E-state index in [1.165, 1.54) is 6.07 Å². The minimum absolute atomic E-state index is 0.00981. The van der Waals surface area contributed by atoms with Crippen LogP contribution in [0.3, 0.4) is 0 Å². The van der Waals surface area contributed by atoms with E-state index < -0.39 is 0 Å². The van der Waals surface area contributed by atoms with Crippen LogP contribution in [0.1, 0.15) is 18.0 Å². The zero-order chi connectivity index (χ0) is 18.1. The lowest BCUT2D eigenvalue weighted by Gasteiger charge is -2.26. The lowest BCUT2D eigenvalue weighted by atomic mass is 10.1. The number of halogens is 1. The highest BCUT2D eigenvalue weighted by Crippen LogP contribution is 2.19. The predicted octanol–water partition coefficient (Wildman–Crippen LogP) is 1.06. The molecule has 3 N–H and O–H groups in total. The molecular formula is C18H30FN5O. The Bertz CT molecular complexity index is 546. The predicted molar refractivity (Wildman–Crippen MR) is 99.2 cm³/mol. The Morgan fingerprint density at radius 3 is 2.84 bits per heavy atom. The summed E-state index contributed by atoms with van der Waals surface area (Å²) in [5.41, 5.74) is 6.86. The van der Waals surface area contributed by atoms with Gasteiger partial charge in [0.05, 0.1) is 25.8 Å². The van der Waals surface area contributed by atoms with Crippen molar-refractivity contribution < 1.29 is 9.13 Å². The van der Waals surface area contributed by atoms with E-state index in [1.807, 2.05) is 25.1 Å². The summed E-state index contributed by atoms with van der Waals surface area (Å²) in [6, 6.07) is 6.62. The number of nitrogens with one attached hydrogen (secondary N) is 1. The summed E-state index contributed by atoms with van der Waals surface area (Å²) in [5, 5.41) is 3.16. The molecule has 1 aromatic rings. The quantitative estimate of drug-likeness (QED) is 0.416. The van der Waals surface area contributed by atoms with Gasteiger partial charge in [0.2, 0.25) is 0 Å². The Morgan fingerprint density at radius 1 is 1.40 bits per heavy atom. The summed E-state index contributed by atoms with van der Waals surface area (Å²) in [7, 11) is 3.91. The number of rotatable bonds is 8. The molecule has 0 bridgehead atoms. The number of aliphatic imine (C=N–C) groups is 1. The van der Waals surface area contributed by atoms with Crippen molar-refractivity contribution in [2.24, 2.45) is 10.7 Å². The number of hydrogen-bond acceptors (Lipinski definition) is 4. The monoisotopic (exact) mass is 351 g/mol. The molecule has 1 aliphatic heterocycles. The Balaban J connectivity index is 1.75. The Labute approximate surface area is 149 Å². The minimum Gasteiger partial charge on any atom is -0.379 e. The van der Waals surface area contributed by atoms with Crippen molar-refractivity contribution in [2.75, 3.05) is 60.0 Å². The van der Waals surface area contributed by atoms with Gasteiger partial charge in [0, 0.05) is 19.6 Å². The van der Waals surface area contributed by atoms with Crippen molar-refractivity contribution in [1.82, 2.24) is 15.1 Å². The number of morpholine rings is 1. The van der Waals surface area contributed by atoms with E-state index >= 15 is 0 Å². The first-order chi connectivity index (χ1) is 12.1. The molecule has 1 atom stereocenters. The van der Waals surface area contributed by atoms with E-state index in [2.05, 4.69) is 15.2 Å². The van der Waals surface area contributed by atoms with Crippen molar-refractivity contribution in [2.45, 2.75) is 12.5 Å². The lowest BCUT2D eigenvalue weighted by Crippen LogP contribution is -2.39. The SMILES string of the molecule is CN(C)C(CN=C(N)NCCCN1CCOCC1)c1cccc(F)c1. The van der Waals surface area contributed by atoms with Gasteiger partial charge in [-0.2, -0.15) is 0 Å². The van der Waals surface area contributed by atoms with Crippen LogP contribution in [0, 0.1) is 5.82 Å². The molecule has 140 valence electrons. The fraction of sp³-hybridized carbons (Fsp3) is 0.611. The van der Waals surface area contributed by atoms with Crippen molar-refractivity contribution in [1.29, 1.82) is 0 Å². The molecule has 7 heteroatoms. The summed E-state index contributed by atoms with van der Waals surface area (Å²) in [4.78, 5) is 8.83. The summed E-state index contributed by atoms with van der Waals surface area (Å²) in [5.74, 6) is 0.202.